The third-order valence-corrected chi connectivity index (χ3v) is 3.62. The highest BCUT2D eigenvalue weighted by Crippen LogP contribution is 2.02. The van der Waals surface area contributed by atoms with Crippen molar-refractivity contribution in [1.29, 1.82) is 0 Å². The number of aldehydes is 1. The van der Waals surface area contributed by atoms with Crippen LogP contribution in [0.15, 0.2) is 25.0 Å². The molecule has 0 unspecified atom stereocenters. The predicted octanol–water partition coefficient (Wildman–Crippen LogP) is -1.78. The molecule has 0 spiro atoms. The standard InChI is InChI=1S/C16H21N7O4/c1-10(25)19-6-15(26)23-14(3-12-5-18-9-21-12)16(27)22-13(7-24)2-11-4-17-8-20-11/h4-5,7-9,13-14H,2-3,6H2,1H3,(H,17,20)(H,18,21)(H,19,25)(H,22,27)(H,23,26)/t13-,14-/m0/s1. The highest BCUT2D eigenvalue weighted by molar-refractivity contribution is 5.91. The van der Waals surface area contributed by atoms with Gasteiger partial charge in [0.2, 0.25) is 17.7 Å². The van der Waals surface area contributed by atoms with Gasteiger partial charge in [0.05, 0.1) is 25.2 Å². The van der Waals surface area contributed by atoms with E-state index in [0.29, 0.717) is 17.7 Å². The summed E-state index contributed by atoms with van der Waals surface area (Å²) in [6.45, 7) is 1.03. The van der Waals surface area contributed by atoms with E-state index in [9.17, 15) is 19.2 Å². The molecular formula is C16H21N7O4. The number of H-pyrrole nitrogens is 2. The normalized spacial score (nSPS) is 12.6. The number of carbonyl (C=O) groups is 4. The molecule has 0 bridgehead atoms. The van der Waals surface area contributed by atoms with Gasteiger partial charge in [-0.05, 0) is 0 Å². The first kappa shape index (κ1) is 19.8. The lowest BCUT2D eigenvalue weighted by Gasteiger charge is -2.20. The van der Waals surface area contributed by atoms with Gasteiger partial charge in [-0.25, -0.2) is 9.97 Å². The Kier molecular flexibility index (Phi) is 7.23. The Morgan fingerprint density at radius 2 is 1.70 bits per heavy atom. The fourth-order valence-corrected chi connectivity index (χ4v) is 2.33. The molecule has 0 radical (unpaired) electrons. The number of rotatable bonds is 10. The minimum atomic E-state index is -0.948. The van der Waals surface area contributed by atoms with E-state index in [-0.39, 0.29) is 25.3 Å². The number of aromatic amines is 2. The van der Waals surface area contributed by atoms with Crippen molar-refractivity contribution in [3.05, 3.63) is 36.4 Å². The summed E-state index contributed by atoms with van der Waals surface area (Å²) in [6.07, 6.45) is 7.02. The first-order chi connectivity index (χ1) is 13.0. The van der Waals surface area contributed by atoms with Crippen LogP contribution in [0.2, 0.25) is 0 Å². The number of aromatic nitrogens is 4. The maximum absolute atomic E-state index is 12.6. The Balaban J connectivity index is 2.01. The van der Waals surface area contributed by atoms with Crippen molar-refractivity contribution < 1.29 is 19.2 Å². The van der Waals surface area contributed by atoms with Crippen molar-refractivity contribution in [2.24, 2.45) is 0 Å². The minimum absolute atomic E-state index is 0.146. The molecule has 11 heteroatoms. The lowest BCUT2D eigenvalue weighted by molar-refractivity contribution is -0.130. The van der Waals surface area contributed by atoms with E-state index in [0.717, 1.165) is 0 Å². The molecule has 11 nitrogen and oxygen atoms in total. The highest BCUT2D eigenvalue weighted by atomic mass is 16.2. The number of nitrogens with zero attached hydrogens (tertiary/aromatic N) is 2. The zero-order chi connectivity index (χ0) is 19.6. The van der Waals surface area contributed by atoms with E-state index in [1.54, 1.807) is 6.20 Å². The third-order valence-electron chi connectivity index (χ3n) is 3.62. The molecule has 0 aromatic carbocycles. The second kappa shape index (κ2) is 9.85. The van der Waals surface area contributed by atoms with Gasteiger partial charge >= 0.3 is 0 Å². The topological polar surface area (TPSA) is 162 Å². The minimum Gasteiger partial charge on any atom is -0.348 e. The molecule has 0 aliphatic carbocycles. The fraction of sp³-hybridized carbons (Fsp3) is 0.375. The van der Waals surface area contributed by atoms with E-state index in [1.165, 1.54) is 25.8 Å². The molecular weight excluding hydrogens is 354 g/mol. The molecule has 2 heterocycles. The molecule has 5 N–H and O–H groups in total. The van der Waals surface area contributed by atoms with Crippen molar-refractivity contribution >= 4 is 24.0 Å². The van der Waals surface area contributed by atoms with E-state index >= 15 is 0 Å². The van der Waals surface area contributed by atoms with Gasteiger partial charge in [0, 0.05) is 43.5 Å². The maximum Gasteiger partial charge on any atom is 0.243 e. The van der Waals surface area contributed by atoms with Gasteiger partial charge in [0.25, 0.3) is 0 Å². The number of amides is 3. The molecule has 2 aromatic heterocycles. The van der Waals surface area contributed by atoms with Gasteiger partial charge in [-0.15, -0.1) is 0 Å². The smallest absolute Gasteiger partial charge is 0.243 e. The first-order valence-corrected chi connectivity index (χ1v) is 8.22. The summed E-state index contributed by atoms with van der Waals surface area (Å²) in [5.41, 5.74) is 1.32. The van der Waals surface area contributed by atoms with E-state index in [2.05, 4.69) is 35.9 Å². The molecule has 0 saturated carbocycles. The summed E-state index contributed by atoms with van der Waals surface area (Å²) in [6, 6.07) is -1.73. The molecule has 0 saturated heterocycles. The largest absolute Gasteiger partial charge is 0.348 e. The molecule has 144 valence electrons. The lowest BCUT2D eigenvalue weighted by Crippen LogP contribution is -2.53. The van der Waals surface area contributed by atoms with Crippen LogP contribution in [0.5, 0.6) is 0 Å². The summed E-state index contributed by atoms with van der Waals surface area (Å²) >= 11 is 0. The number of carbonyl (C=O) groups excluding carboxylic acids is 4. The van der Waals surface area contributed by atoms with Crippen LogP contribution in [-0.4, -0.2) is 62.6 Å². The van der Waals surface area contributed by atoms with Gasteiger partial charge in [-0.3, -0.25) is 14.4 Å². The summed E-state index contributed by atoms with van der Waals surface area (Å²) in [5.74, 6) is -1.42. The quantitative estimate of drug-likeness (QED) is 0.308. The van der Waals surface area contributed by atoms with E-state index < -0.39 is 23.9 Å². The van der Waals surface area contributed by atoms with Crippen LogP contribution >= 0.6 is 0 Å². The summed E-state index contributed by atoms with van der Waals surface area (Å²) < 4.78 is 0. The summed E-state index contributed by atoms with van der Waals surface area (Å²) in [7, 11) is 0. The Morgan fingerprint density at radius 1 is 1.07 bits per heavy atom. The van der Waals surface area contributed by atoms with Crippen LogP contribution in [0.25, 0.3) is 0 Å². The molecule has 0 aliphatic heterocycles. The fourth-order valence-electron chi connectivity index (χ4n) is 2.33. The lowest BCUT2D eigenvalue weighted by atomic mass is 10.1. The van der Waals surface area contributed by atoms with Crippen LogP contribution in [0.4, 0.5) is 0 Å². The molecule has 2 aromatic rings. The maximum atomic E-state index is 12.6. The van der Waals surface area contributed by atoms with E-state index in [1.807, 2.05) is 0 Å². The Bertz CT molecular complexity index is 758. The van der Waals surface area contributed by atoms with Crippen molar-refractivity contribution in [3.8, 4) is 0 Å². The molecule has 27 heavy (non-hydrogen) atoms. The van der Waals surface area contributed by atoms with Crippen LogP contribution in [-0.2, 0) is 32.0 Å². The van der Waals surface area contributed by atoms with Gasteiger partial charge in [-0.2, -0.15) is 0 Å². The molecule has 0 aliphatic rings. The van der Waals surface area contributed by atoms with Crippen molar-refractivity contribution in [2.45, 2.75) is 31.8 Å². The molecule has 0 fully saturated rings. The zero-order valence-corrected chi connectivity index (χ0v) is 14.7. The summed E-state index contributed by atoms with van der Waals surface area (Å²) in [4.78, 5) is 60.3. The third kappa shape index (κ3) is 6.72. The molecule has 2 rings (SSSR count). The van der Waals surface area contributed by atoms with Gasteiger partial charge in [0.15, 0.2) is 0 Å². The highest BCUT2D eigenvalue weighted by Gasteiger charge is 2.24. The Hall–Kier alpha value is -3.50. The van der Waals surface area contributed by atoms with Gasteiger partial charge < -0.3 is 30.7 Å². The second-order valence-corrected chi connectivity index (χ2v) is 5.84. The average Bonchev–Trinajstić information content (AvgIpc) is 3.32. The van der Waals surface area contributed by atoms with Crippen LogP contribution < -0.4 is 16.0 Å². The Labute approximate surface area is 154 Å². The zero-order valence-electron chi connectivity index (χ0n) is 14.7. The van der Waals surface area contributed by atoms with E-state index in [4.69, 9.17) is 0 Å². The molecule has 2 atom stereocenters. The van der Waals surface area contributed by atoms with Crippen molar-refractivity contribution in [2.75, 3.05) is 6.54 Å². The second-order valence-electron chi connectivity index (χ2n) is 5.84. The van der Waals surface area contributed by atoms with Gasteiger partial charge in [0.1, 0.15) is 12.3 Å². The van der Waals surface area contributed by atoms with Crippen molar-refractivity contribution in [3.63, 3.8) is 0 Å². The number of imidazole rings is 2. The van der Waals surface area contributed by atoms with Crippen LogP contribution in [0.1, 0.15) is 18.3 Å². The number of nitrogens with one attached hydrogen (secondary N) is 5. The summed E-state index contributed by atoms with van der Waals surface area (Å²) in [5, 5.41) is 7.51. The average molecular weight is 375 g/mol. The van der Waals surface area contributed by atoms with Gasteiger partial charge in [-0.1, -0.05) is 0 Å². The SMILES string of the molecule is CC(=O)NCC(=O)N[C@@H](Cc1cnc[nH]1)C(=O)N[C@H](C=O)Cc1cnc[nH]1. The van der Waals surface area contributed by atoms with Crippen molar-refractivity contribution in [1.82, 2.24) is 35.9 Å². The Morgan fingerprint density at radius 3 is 2.22 bits per heavy atom. The first-order valence-electron chi connectivity index (χ1n) is 8.22. The van der Waals surface area contributed by atoms with Crippen LogP contribution in [0, 0.1) is 0 Å². The molecule has 3 amide bonds. The monoisotopic (exact) mass is 375 g/mol. The predicted molar refractivity (Wildman–Crippen MR) is 93.2 cm³/mol. The van der Waals surface area contributed by atoms with Crippen LogP contribution in [0.3, 0.4) is 0 Å². The number of hydrogen-bond acceptors (Lipinski definition) is 6. The number of hydrogen-bond donors (Lipinski definition) is 5.